The summed E-state index contributed by atoms with van der Waals surface area (Å²) in [6.07, 6.45) is 2.48. The van der Waals surface area contributed by atoms with Crippen LogP contribution < -0.4 is 15.4 Å². The topological polar surface area (TPSA) is 99.2 Å². The second-order valence-electron chi connectivity index (χ2n) is 9.68. The van der Waals surface area contributed by atoms with Crippen LogP contribution in [0.1, 0.15) is 29.8 Å². The van der Waals surface area contributed by atoms with E-state index in [0.717, 1.165) is 51.2 Å². The number of ether oxygens (including phenoxy) is 1. The molecular formula is C35H34N6O2. The Hall–Kier alpha value is -5.50. The maximum Gasteiger partial charge on any atom is 0.165 e. The van der Waals surface area contributed by atoms with Crippen LogP contribution in [0.4, 0.5) is 11.5 Å². The maximum absolute atomic E-state index is 11.5. The molecule has 6 rings (SSSR count). The van der Waals surface area contributed by atoms with Gasteiger partial charge in [0.25, 0.3) is 0 Å². The van der Waals surface area contributed by atoms with Crippen molar-refractivity contribution in [2.45, 2.75) is 20.4 Å². The monoisotopic (exact) mass is 570 g/mol. The molecule has 0 amide bonds. The minimum atomic E-state index is 0.403. The van der Waals surface area contributed by atoms with Gasteiger partial charge in [-0.2, -0.15) is 0 Å². The molecule has 8 heteroatoms. The van der Waals surface area contributed by atoms with Crippen LogP contribution in [0.5, 0.6) is 5.75 Å². The molecule has 0 saturated carbocycles. The summed E-state index contributed by atoms with van der Waals surface area (Å²) in [7, 11) is 3.55. The lowest BCUT2D eigenvalue weighted by Crippen LogP contribution is -2.16. The van der Waals surface area contributed by atoms with E-state index < -0.39 is 0 Å². The Morgan fingerprint density at radius 1 is 0.907 bits per heavy atom. The minimum Gasteiger partial charge on any atom is -0.496 e. The Balaban J connectivity index is 0.00000180. The Morgan fingerprint density at radius 3 is 2.37 bits per heavy atom. The summed E-state index contributed by atoms with van der Waals surface area (Å²) in [5, 5.41) is 0. The number of imidazole rings is 1. The first kappa shape index (κ1) is 29.0. The number of benzene rings is 3. The minimum absolute atomic E-state index is 0.403. The van der Waals surface area contributed by atoms with Crippen LogP contribution in [0.15, 0.2) is 103 Å². The predicted octanol–water partition coefficient (Wildman–Crippen LogP) is 7.22. The fraction of sp³-hybridized carbons (Fsp3) is 0.143. The van der Waals surface area contributed by atoms with Gasteiger partial charge in [-0.25, -0.2) is 15.0 Å². The number of aromatic nitrogens is 4. The first-order valence-electron chi connectivity index (χ1n) is 14.1. The van der Waals surface area contributed by atoms with Gasteiger partial charge in [0.1, 0.15) is 17.1 Å². The molecule has 6 aromatic rings. The molecule has 43 heavy (non-hydrogen) atoms. The largest absolute Gasteiger partial charge is 0.496 e. The van der Waals surface area contributed by atoms with Crippen molar-refractivity contribution >= 4 is 29.0 Å². The lowest BCUT2D eigenvalue weighted by molar-refractivity contribution is 0.112. The lowest BCUT2D eigenvalue weighted by Gasteiger charge is -2.21. The average Bonchev–Trinajstić information content (AvgIpc) is 3.44. The van der Waals surface area contributed by atoms with Crippen LogP contribution in [-0.4, -0.2) is 40.0 Å². The number of nitrogens with two attached hydrogens (primary N) is 1. The summed E-state index contributed by atoms with van der Waals surface area (Å²) in [4.78, 5) is 27.8. The summed E-state index contributed by atoms with van der Waals surface area (Å²) in [6, 6.07) is 31.7. The van der Waals surface area contributed by atoms with Crippen molar-refractivity contribution in [1.82, 2.24) is 19.5 Å². The predicted molar refractivity (Wildman–Crippen MR) is 174 cm³/mol. The molecule has 3 heterocycles. The number of nitrogen functional groups attached to an aromatic ring is 1. The van der Waals surface area contributed by atoms with E-state index in [0.29, 0.717) is 29.5 Å². The molecule has 2 N–H and O–H groups in total. The zero-order valence-corrected chi connectivity index (χ0v) is 24.7. The summed E-state index contributed by atoms with van der Waals surface area (Å²) in [5.74, 6) is 1.63. The van der Waals surface area contributed by atoms with Gasteiger partial charge >= 0.3 is 0 Å². The number of pyridine rings is 2. The number of methoxy groups -OCH3 is 1. The third kappa shape index (κ3) is 5.94. The van der Waals surface area contributed by atoms with Gasteiger partial charge in [0.05, 0.1) is 23.9 Å². The third-order valence-corrected chi connectivity index (χ3v) is 7.05. The summed E-state index contributed by atoms with van der Waals surface area (Å²) < 4.78 is 7.31. The molecular weight excluding hydrogens is 536 g/mol. The Morgan fingerprint density at radius 2 is 1.67 bits per heavy atom. The van der Waals surface area contributed by atoms with Gasteiger partial charge in [0.15, 0.2) is 17.8 Å². The van der Waals surface area contributed by atoms with Crippen LogP contribution in [0, 0.1) is 0 Å². The van der Waals surface area contributed by atoms with Gasteiger partial charge < -0.3 is 15.4 Å². The van der Waals surface area contributed by atoms with Crippen molar-refractivity contribution in [1.29, 1.82) is 0 Å². The van der Waals surface area contributed by atoms with Crippen molar-refractivity contribution in [3.05, 3.63) is 114 Å². The molecule has 0 saturated heterocycles. The van der Waals surface area contributed by atoms with E-state index in [-0.39, 0.29) is 0 Å². The molecule has 216 valence electrons. The average molecular weight is 571 g/mol. The van der Waals surface area contributed by atoms with Crippen molar-refractivity contribution in [2.24, 2.45) is 0 Å². The molecule has 0 aliphatic rings. The second kappa shape index (κ2) is 13.0. The van der Waals surface area contributed by atoms with E-state index in [1.807, 2.05) is 98.3 Å². The molecule has 8 nitrogen and oxygen atoms in total. The molecule has 0 bridgehead atoms. The first-order valence-corrected chi connectivity index (χ1v) is 14.1. The smallest absolute Gasteiger partial charge is 0.165 e. The normalized spacial score (nSPS) is 10.6. The number of rotatable bonds is 8. The van der Waals surface area contributed by atoms with Gasteiger partial charge in [-0.1, -0.05) is 56.3 Å². The maximum atomic E-state index is 11.5. The zero-order valence-electron chi connectivity index (χ0n) is 24.7. The van der Waals surface area contributed by atoms with Gasteiger partial charge in [0, 0.05) is 36.7 Å². The van der Waals surface area contributed by atoms with Gasteiger partial charge in [-0.15, -0.1) is 0 Å². The highest BCUT2D eigenvalue weighted by Gasteiger charge is 2.19. The fourth-order valence-electron chi connectivity index (χ4n) is 4.93. The number of fused-ring (bicyclic) bond motifs is 1. The number of aldehydes is 1. The van der Waals surface area contributed by atoms with Crippen molar-refractivity contribution in [3.63, 3.8) is 0 Å². The third-order valence-electron chi connectivity index (χ3n) is 7.05. The Kier molecular flexibility index (Phi) is 8.77. The highest BCUT2D eigenvalue weighted by molar-refractivity contribution is 5.85. The van der Waals surface area contributed by atoms with Gasteiger partial charge in [-0.3, -0.25) is 9.36 Å². The highest BCUT2D eigenvalue weighted by Crippen LogP contribution is 2.32. The van der Waals surface area contributed by atoms with Crippen molar-refractivity contribution in [2.75, 3.05) is 24.8 Å². The van der Waals surface area contributed by atoms with E-state index in [9.17, 15) is 4.79 Å². The van der Waals surface area contributed by atoms with E-state index in [4.69, 9.17) is 20.4 Å². The summed E-state index contributed by atoms with van der Waals surface area (Å²) in [6.45, 7) is 4.65. The molecule has 0 unspecified atom stereocenters. The van der Waals surface area contributed by atoms with E-state index in [1.54, 1.807) is 13.3 Å². The molecule has 3 aromatic heterocycles. The second-order valence-corrected chi connectivity index (χ2v) is 9.68. The SMILES string of the molecule is CC.COc1ccc(N(C)Cc2ccc(-n3c(-c4cccnc4N)nc4ccc(-c5ccccc5)nc43)cc2)cc1C=O. The van der Waals surface area contributed by atoms with Gasteiger partial charge in [0.2, 0.25) is 0 Å². The summed E-state index contributed by atoms with van der Waals surface area (Å²) in [5.41, 5.74) is 13.9. The molecule has 0 spiro atoms. The number of hydrogen-bond donors (Lipinski definition) is 1. The van der Waals surface area contributed by atoms with Gasteiger partial charge in [-0.05, 0) is 60.2 Å². The number of hydrogen-bond acceptors (Lipinski definition) is 7. The number of carbonyl (C=O) groups excluding carboxylic acids is 1. The van der Waals surface area contributed by atoms with E-state index in [2.05, 4.69) is 34.1 Å². The van der Waals surface area contributed by atoms with Crippen LogP contribution in [0.2, 0.25) is 0 Å². The summed E-state index contributed by atoms with van der Waals surface area (Å²) >= 11 is 0. The van der Waals surface area contributed by atoms with Crippen LogP contribution in [0.3, 0.4) is 0 Å². The van der Waals surface area contributed by atoms with Crippen molar-refractivity contribution in [3.8, 4) is 34.1 Å². The molecule has 3 aromatic carbocycles. The molecule has 0 radical (unpaired) electrons. The standard InChI is InChI=1S/C33H28N6O2.C2H6/c1-38(26-14-17-30(41-2)24(19-26)21-40)20-22-10-12-25(13-11-22)39-32(27-9-6-18-35-31(27)34)37-29-16-15-28(36-33(29)39)23-7-4-3-5-8-23;1-2/h3-19,21H,20H2,1-2H3,(H2,34,35);1-2H3. The number of carbonyl (C=O) groups is 1. The highest BCUT2D eigenvalue weighted by atomic mass is 16.5. The molecule has 0 fully saturated rings. The quantitative estimate of drug-likeness (QED) is 0.193. The zero-order chi connectivity index (χ0) is 30.3. The number of nitrogens with zero attached hydrogens (tertiary/aromatic N) is 5. The Bertz CT molecular complexity index is 1850. The Labute approximate surface area is 251 Å². The van der Waals surface area contributed by atoms with E-state index >= 15 is 0 Å². The first-order chi connectivity index (χ1) is 21.1. The molecule has 0 atom stereocenters. The van der Waals surface area contributed by atoms with Crippen LogP contribution in [-0.2, 0) is 6.54 Å². The van der Waals surface area contributed by atoms with Crippen molar-refractivity contribution < 1.29 is 9.53 Å². The van der Waals surface area contributed by atoms with E-state index in [1.165, 1.54) is 0 Å². The molecule has 0 aliphatic carbocycles. The number of anilines is 2. The molecule has 0 aliphatic heterocycles. The fourth-order valence-corrected chi connectivity index (χ4v) is 4.93. The van der Waals surface area contributed by atoms with Crippen LogP contribution >= 0.6 is 0 Å². The van der Waals surface area contributed by atoms with Crippen LogP contribution in [0.25, 0.3) is 39.5 Å². The lowest BCUT2D eigenvalue weighted by atomic mass is 10.1.